The SMILES string of the molecule is CC1CC(N2CCCC2)CNC1C. The molecule has 2 nitrogen and oxygen atoms in total. The summed E-state index contributed by atoms with van der Waals surface area (Å²) < 4.78 is 0. The fourth-order valence-corrected chi connectivity index (χ4v) is 2.62. The summed E-state index contributed by atoms with van der Waals surface area (Å²) in [5.74, 6) is 0.847. The average molecular weight is 182 g/mol. The molecule has 0 spiro atoms. The number of hydrogen-bond donors (Lipinski definition) is 1. The Morgan fingerprint density at radius 3 is 2.46 bits per heavy atom. The zero-order chi connectivity index (χ0) is 9.26. The van der Waals surface area contributed by atoms with Gasteiger partial charge in [-0.15, -0.1) is 0 Å². The molecule has 2 heterocycles. The van der Waals surface area contributed by atoms with E-state index in [-0.39, 0.29) is 0 Å². The maximum absolute atomic E-state index is 3.62. The third-order valence-corrected chi connectivity index (χ3v) is 3.83. The molecule has 2 aliphatic rings. The van der Waals surface area contributed by atoms with Crippen molar-refractivity contribution in [2.45, 2.75) is 45.2 Å². The van der Waals surface area contributed by atoms with Crippen LogP contribution >= 0.6 is 0 Å². The highest BCUT2D eigenvalue weighted by atomic mass is 15.2. The molecular weight excluding hydrogens is 160 g/mol. The fraction of sp³-hybridized carbons (Fsp3) is 1.00. The van der Waals surface area contributed by atoms with Gasteiger partial charge in [0.1, 0.15) is 0 Å². The summed E-state index contributed by atoms with van der Waals surface area (Å²) in [6, 6.07) is 1.55. The topological polar surface area (TPSA) is 15.3 Å². The Hall–Kier alpha value is -0.0800. The van der Waals surface area contributed by atoms with Crippen LogP contribution in [0.15, 0.2) is 0 Å². The summed E-state index contributed by atoms with van der Waals surface area (Å²) in [5.41, 5.74) is 0. The van der Waals surface area contributed by atoms with E-state index in [0.717, 1.165) is 18.0 Å². The van der Waals surface area contributed by atoms with Crippen molar-refractivity contribution in [3.8, 4) is 0 Å². The highest BCUT2D eigenvalue weighted by Crippen LogP contribution is 2.22. The number of piperidine rings is 1. The monoisotopic (exact) mass is 182 g/mol. The lowest BCUT2D eigenvalue weighted by molar-refractivity contribution is 0.152. The van der Waals surface area contributed by atoms with Crippen LogP contribution in [0.1, 0.15) is 33.1 Å². The highest BCUT2D eigenvalue weighted by Gasteiger charge is 2.29. The minimum Gasteiger partial charge on any atom is -0.312 e. The minimum absolute atomic E-state index is 0.721. The largest absolute Gasteiger partial charge is 0.312 e. The normalized spacial score (nSPS) is 42.5. The predicted octanol–water partition coefficient (Wildman–Crippen LogP) is 1.47. The molecule has 2 rings (SSSR count). The molecule has 0 aromatic carbocycles. The summed E-state index contributed by atoms with van der Waals surface area (Å²) >= 11 is 0. The third kappa shape index (κ3) is 2.05. The number of likely N-dealkylation sites (tertiary alicyclic amines) is 1. The number of nitrogens with one attached hydrogen (secondary N) is 1. The Labute approximate surface area is 81.7 Å². The zero-order valence-corrected chi connectivity index (χ0v) is 8.92. The van der Waals surface area contributed by atoms with Crippen LogP contribution in [0.2, 0.25) is 0 Å². The second-order valence-corrected chi connectivity index (χ2v) is 4.81. The van der Waals surface area contributed by atoms with Crippen LogP contribution < -0.4 is 5.32 Å². The molecule has 3 unspecified atom stereocenters. The quantitative estimate of drug-likeness (QED) is 0.660. The average Bonchev–Trinajstić information content (AvgIpc) is 2.62. The standard InChI is InChI=1S/C11H22N2/c1-9-7-11(8-12-10(9)2)13-5-3-4-6-13/h9-12H,3-8H2,1-2H3. The van der Waals surface area contributed by atoms with Crippen molar-refractivity contribution >= 4 is 0 Å². The second kappa shape index (κ2) is 3.97. The Balaban J connectivity index is 1.87. The molecule has 1 N–H and O–H groups in total. The van der Waals surface area contributed by atoms with Crippen molar-refractivity contribution in [3.05, 3.63) is 0 Å². The molecule has 0 aromatic heterocycles. The van der Waals surface area contributed by atoms with Crippen LogP contribution in [-0.4, -0.2) is 36.6 Å². The smallest absolute Gasteiger partial charge is 0.0223 e. The van der Waals surface area contributed by atoms with E-state index < -0.39 is 0 Å². The Bertz CT molecular complexity index is 163. The van der Waals surface area contributed by atoms with Crippen LogP contribution in [0.4, 0.5) is 0 Å². The molecule has 2 fully saturated rings. The van der Waals surface area contributed by atoms with E-state index in [4.69, 9.17) is 0 Å². The molecule has 13 heavy (non-hydrogen) atoms. The molecular formula is C11H22N2. The second-order valence-electron chi connectivity index (χ2n) is 4.81. The lowest BCUT2D eigenvalue weighted by atomic mass is 9.90. The Morgan fingerprint density at radius 1 is 1.15 bits per heavy atom. The molecule has 0 saturated carbocycles. The predicted molar refractivity (Wildman–Crippen MR) is 55.8 cm³/mol. The fourth-order valence-electron chi connectivity index (χ4n) is 2.62. The van der Waals surface area contributed by atoms with Gasteiger partial charge in [0.05, 0.1) is 0 Å². The van der Waals surface area contributed by atoms with Gasteiger partial charge in [0.2, 0.25) is 0 Å². The van der Waals surface area contributed by atoms with Gasteiger partial charge in [-0.1, -0.05) is 6.92 Å². The summed E-state index contributed by atoms with van der Waals surface area (Å²) in [7, 11) is 0. The lowest BCUT2D eigenvalue weighted by Crippen LogP contribution is -2.51. The van der Waals surface area contributed by atoms with E-state index in [1.54, 1.807) is 0 Å². The molecule has 76 valence electrons. The van der Waals surface area contributed by atoms with Gasteiger partial charge >= 0.3 is 0 Å². The molecule has 0 bridgehead atoms. The Morgan fingerprint density at radius 2 is 1.85 bits per heavy atom. The van der Waals surface area contributed by atoms with Crippen molar-refractivity contribution in [3.63, 3.8) is 0 Å². The Kier molecular flexibility index (Phi) is 2.89. The first kappa shape index (κ1) is 9.47. The molecule has 0 aromatic rings. The van der Waals surface area contributed by atoms with Gasteiger partial charge in [-0.05, 0) is 45.2 Å². The van der Waals surface area contributed by atoms with E-state index in [0.29, 0.717) is 0 Å². The van der Waals surface area contributed by atoms with Gasteiger partial charge < -0.3 is 5.32 Å². The molecule has 0 aliphatic carbocycles. The van der Waals surface area contributed by atoms with E-state index in [2.05, 4.69) is 24.1 Å². The van der Waals surface area contributed by atoms with Gasteiger partial charge in [0, 0.05) is 18.6 Å². The molecule has 2 saturated heterocycles. The van der Waals surface area contributed by atoms with E-state index >= 15 is 0 Å². The van der Waals surface area contributed by atoms with Crippen molar-refractivity contribution < 1.29 is 0 Å². The molecule has 2 heteroatoms. The molecule has 0 radical (unpaired) electrons. The lowest BCUT2D eigenvalue weighted by Gasteiger charge is -2.38. The van der Waals surface area contributed by atoms with E-state index in [1.165, 1.54) is 38.9 Å². The summed E-state index contributed by atoms with van der Waals surface area (Å²) in [6.07, 6.45) is 4.23. The van der Waals surface area contributed by atoms with Crippen LogP contribution in [-0.2, 0) is 0 Å². The molecule has 2 aliphatic heterocycles. The first-order chi connectivity index (χ1) is 6.27. The van der Waals surface area contributed by atoms with Crippen LogP contribution in [0.5, 0.6) is 0 Å². The summed E-state index contributed by atoms with van der Waals surface area (Å²) in [6.45, 7) is 8.58. The van der Waals surface area contributed by atoms with Gasteiger partial charge in [0.25, 0.3) is 0 Å². The highest BCUT2D eigenvalue weighted by molar-refractivity contribution is 4.87. The first-order valence-electron chi connectivity index (χ1n) is 5.75. The maximum Gasteiger partial charge on any atom is 0.0223 e. The number of nitrogens with zero attached hydrogens (tertiary/aromatic N) is 1. The van der Waals surface area contributed by atoms with Crippen LogP contribution in [0, 0.1) is 5.92 Å². The van der Waals surface area contributed by atoms with Crippen LogP contribution in [0.3, 0.4) is 0 Å². The molecule has 0 amide bonds. The van der Waals surface area contributed by atoms with Gasteiger partial charge in [-0.25, -0.2) is 0 Å². The van der Waals surface area contributed by atoms with Crippen molar-refractivity contribution in [2.75, 3.05) is 19.6 Å². The van der Waals surface area contributed by atoms with Crippen molar-refractivity contribution in [1.82, 2.24) is 10.2 Å². The maximum atomic E-state index is 3.62. The number of hydrogen-bond acceptors (Lipinski definition) is 2. The summed E-state index contributed by atoms with van der Waals surface area (Å²) in [5, 5.41) is 3.62. The first-order valence-corrected chi connectivity index (χ1v) is 5.75. The minimum atomic E-state index is 0.721. The third-order valence-electron chi connectivity index (χ3n) is 3.83. The van der Waals surface area contributed by atoms with Crippen molar-refractivity contribution in [2.24, 2.45) is 5.92 Å². The van der Waals surface area contributed by atoms with Crippen molar-refractivity contribution in [1.29, 1.82) is 0 Å². The number of rotatable bonds is 1. The van der Waals surface area contributed by atoms with Gasteiger partial charge in [-0.3, -0.25) is 4.90 Å². The van der Waals surface area contributed by atoms with E-state index in [1.807, 2.05) is 0 Å². The molecule has 3 atom stereocenters. The zero-order valence-electron chi connectivity index (χ0n) is 8.92. The van der Waals surface area contributed by atoms with Gasteiger partial charge in [-0.2, -0.15) is 0 Å². The summed E-state index contributed by atoms with van der Waals surface area (Å²) in [4.78, 5) is 2.68. The van der Waals surface area contributed by atoms with Crippen LogP contribution in [0.25, 0.3) is 0 Å². The van der Waals surface area contributed by atoms with E-state index in [9.17, 15) is 0 Å². The van der Waals surface area contributed by atoms with Gasteiger partial charge in [0.15, 0.2) is 0 Å².